The van der Waals surface area contributed by atoms with Crippen LogP contribution >= 0.6 is 0 Å². The quantitative estimate of drug-likeness (QED) is 0.725. The minimum absolute atomic E-state index is 0.194. The number of phenolic OH excluding ortho intramolecular Hbond substituents is 1. The third-order valence-electron chi connectivity index (χ3n) is 4.90. The molecule has 0 unspecified atom stereocenters. The van der Waals surface area contributed by atoms with Crippen molar-refractivity contribution in [3.63, 3.8) is 0 Å². The summed E-state index contributed by atoms with van der Waals surface area (Å²) in [6.45, 7) is 0.963. The van der Waals surface area contributed by atoms with Gasteiger partial charge in [-0.1, -0.05) is 24.3 Å². The maximum Gasteiger partial charge on any atom is 0.261 e. The number of amides is 2. The molecule has 0 saturated heterocycles. The zero-order chi connectivity index (χ0) is 19.1. The highest BCUT2D eigenvalue weighted by Crippen LogP contribution is 2.34. The molecule has 3 aromatic rings. The fourth-order valence-corrected chi connectivity index (χ4v) is 3.48. The zero-order valence-electron chi connectivity index (χ0n) is 15.3. The van der Waals surface area contributed by atoms with Gasteiger partial charge >= 0.3 is 0 Å². The Morgan fingerprint density at radius 1 is 0.889 bits per heavy atom. The molecular formula is C22H20N2O3. The van der Waals surface area contributed by atoms with Crippen LogP contribution in [0.2, 0.25) is 0 Å². The molecular weight excluding hydrogens is 340 g/mol. The monoisotopic (exact) mass is 360 g/mol. The first-order valence-electron chi connectivity index (χ1n) is 8.83. The van der Waals surface area contributed by atoms with Gasteiger partial charge in [-0.2, -0.15) is 0 Å². The fourth-order valence-electron chi connectivity index (χ4n) is 3.48. The molecule has 4 rings (SSSR count). The Balaban J connectivity index is 1.88. The summed E-state index contributed by atoms with van der Waals surface area (Å²) in [6, 6.07) is 16.2. The van der Waals surface area contributed by atoms with Gasteiger partial charge in [0.2, 0.25) is 0 Å². The van der Waals surface area contributed by atoms with E-state index in [4.69, 9.17) is 0 Å². The lowest BCUT2D eigenvalue weighted by atomic mass is 9.90. The number of carbonyl (C=O) groups excluding carboxylic acids is 2. The third-order valence-corrected chi connectivity index (χ3v) is 4.90. The molecule has 0 atom stereocenters. The second-order valence-electron chi connectivity index (χ2n) is 7.04. The van der Waals surface area contributed by atoms with Crippen molar-refractivity contribution >= 4 is 22.6 Å². The number of benzene rings is 3. The van der Waals surface area contributed by atoms with Crippen LogP contribution in [0.1, 0.15) is 20.7 Å². The van der Waals surface area contributed by atoms with Crippen molar-refractivity contribution in [3.8, 4) is 16.9 Å². The Hall–Kier alpha value is -3.18. The standard InChI is InChI=1S/C22H20N2O3/c1-23(2)10-11-24-21(26)18-5-3-4-15-12-16(13-19(20(15)18)22(24)27)14-6-8-17(25)9-7-14/h3-9,12-13,25H,10-11H2,1-2H3. The van der Waals surface area contributed by atoms with Crippen LogP contribution in [0.15, 0.2) is 54.6 Å². The molecule has 0 aromatic heterocycles. The molecule has 0 aliphatic carbocycles. The number of nitrogens with zero attached hydrogens (tertiary/aromatic N) is 2. The molecule has 2 amide bonds. The Labute approximate surface area is 157 Å². The zero-order valence-corrected chi connectivity index (χ0v) is 15.3. The summed E-state index contributed by atoms with van der Waals surface area (Å²) in [6.07, 6.45) is 0. The Morgan fingerprint density at radius 2 is 1.59 bits per heavy atom. The maximum absolute atomic E-state index is 13.1. The van der Waals surface area contributed by atoms with Crippen LogP contribution in [0, 0.1) is 0 Å². The summed E-state index contributed by atoms with van der Waals surface area (Å²) in [5.41, 5.74) is 2.90. The summed E-state index contributed by atoms with van der Waals surface area (Å²) in [4.78, 5) is 29.3. The van der Waals surface area contributed by atoms with E-state index in [1.807, 2.05) is 55.4 Å². The van der Waals surface area contributed by atoms with Crippen LogP contribution in [-0.4, -0.2) is 53.9 Å². The van der Waals surface area contributed by atoms with Crippen molar-refractivity contribution in [1.29, 1.82) is 0 Å². The summed E-state index contributed by atoms with van der Waals surface area (Å²) < 4.78 is 0. The molecule has 0 radical (unpaired) electrons. The molecule has 0 spiro atoms. The van der Waals surface area contributed by atoms with Crippen LogP contribution < -0.4 is 0 Å². The van der Waals surface area contributed by atoms with E-state index in [1.165, 1.54) is 4.90 Å². The molecule has 0 fully saturated rings. The molecule has 1 heterocycles. The van der Waals surface area contributed by atoms with Gasteiger partial charge in [-0.15, -0.1) is 0 Å². The van der Waals surface area contributed by atoms with Crippen LogP contribution in [0.4, 0.5) is 0 Å². The fraction of sp³-hybridized carbons (Fsp3) is 0.182. The number of phenols is 1. The summed E-state index contributed by atoms with van der Waals surface area (Å²) in [7, 11) is 3.83. The molecule has 1 N–H and O–H groups in total. The Morgan fingerprint density at radius 3 is 2.30 bits per heavy atom. The van der Waals surface area contributed by atoms with Gasteiger partial charge in [0, 0.05) is 29.6 Å². The second-order valence-corrected chi connectivity index (χ2v) is 7.04. The maximum atomic E-state index is 13.1. The third kappa shape index (κ3) is 2.96. The SMILES string of the molecule is CN(C)CCN1C(=O)c2cccc3cc(-c4ccc(O)cc4)cc(c23)C1=O. The lowest BCUT2D eigenvalue weighted by molar-refractivity contribution is 0.0601. The van der Waals surface area contributed by atoms with Crippen molar-refractivity contribution in [2.24, 2.45) is 0 Å². The lowest BCUT2D eigenvalue weighted by Crippen LogP contribution is -2.43. The largest absolute Gasteiger partial charge is 0.508 e. The van der Waals surface area contributed by atoms with E-state index in [2.05, 4.69) is 0 Å². The highest BCUT2D eigenvalue weighted by Gasteiger charge is 2.32. The predicted molar refractivity (Wildman–Crippen MR) is 105 cm³/mol. The minimum Gasteiger partial charge on any atom is -0.508 e. The molecule has 0 saturated carbocycles. The van der Waals surface area contributed by atoms with Crippen LogP contribution in [0.3, 0.4) is 0 Å². The minimum atomic E-state index is -0.258. The lowest BCUT2D eigenvalue weighted by Gasteiger charge is -2.28. The number of carbonyl (C=O) groups is 2. The number of aromatic hydroxyl groups is 1. The number of rotatable bonds is 4. The topological polar surface area (TPSA) is 60.9 Å². The van der Waals surface area contributed by atoms with Gasteiger partial charge in [0.25, 0.3) is 11.8 Å². The summed E-state index contributed by atoms with van der Waals surface area (Å²) in [5, 5.41) is 11.1. The molecule has 1 aliphatic heterocycles. The highest BCUT2D eigenvalue weighted by molar-refractivity contribution is 6.26. The van der Waals surface area contributed by atoms with E-state index in [0.717, 1.165) is 21.9 Å². The highest BCUT2D eigenvalue weighted by atomic mass is 16.3. The first-order chi connectivity index (χ1) is 13.0. The number of hydrogen-bond donors (Lipinski definition) is 1. The molecule has 136 valence electrons. The van der Waals surface area contributed by atoms with E-state index in [0.29, 0.717) is 24.2 Å². The van der Waals surface area contributed by atoms with E-state index < -0.39 is 0 Å². The van der Waals surface area contributed by atoms with Crippen LogP contribution in [-0.2, 0) is 0 Å². The average Bonchev–Trinajstić information content (AvgIpc) is 2.66. The molecule has 0 bridgehead atoms. The van der Waals surface area contributed by atoms with Crippen molar-refractivity contribution in [3.05, 3.63) is 65.7 Å². The van der Waals surface area contributed by atoms with Crippen LogP contribution in [0.25, 0.3) is 21.9 Å². The molecule has 27 heavy (non-hydrogen) atoms. The van der Waals surface area contributed by atoms with Gasteiger partial charge in [0.05, 0.1) is 0 Å². The first kappa shape index (κ1) is 17.2. The average molecular weight is 360 g/mol. The molecule has 5 nitrogen and oxygen atoms in total. The van der Waals surface area contributed by atoms with Crippen molar-refractivity contribution < 1.29 is 14.7 Å². The van der Waals surface area contributed by atoms with Gasteiger partial charge < -0.3 is 10.0 Å². The van der Waals surface area contributed by atoms with Gasteiger partial charge in [0.15, 0.2) is 0 Å². The van der Waals surface area contributed by atoms with Gasteiger partial charge in [-0.3, -0.25) is 14.5 Å². The summed E-state index contributed by atoms with van der Waals surface area (Å²) in [5.74, 6) is -0.303. The number of imide groups is 1. The van der Waals surface area contributed by atoms with Gasteiger partial charge in [-0.05, 0) is 60.9 Å². The van der Waals surface area contributed by atoms with Crippen LogP contribution in [0.5, 0.6) is 5.75 Å². The number of hydrogen-bond acceptors (Lipinski definition) is 4. The predicted octanol–water partition coefficient (Wildman–Crippen LogP) is 3.37. The smallest absolute Gasteiger partial charge is 0.261 e. The molecule has 5 heteroatoms. The van der Waals surface area contributed by atoms with Gasteiger partial charge in [-0.25, -0.2) is 0 Å². The van der Waals surface area contributed by atoms with E-state index >= 15 is 0 Å². The summed E-state index contributed by atoms with van der Waals surface area (Å²) >= 11 is 0. The van der Waals surface area contributed by atoms with Crippen molar-refractivity contribution in [1.82, 2.24) is 9.80 Å². The second kappa shape index (κ2) is 6.52. The first-order valence-corrected chi connectivity index (χ1v) is 8.83. The number of likely N-dealkylation sites (N-methyl/N-ethyl adjacent to an activating group) is 1. The Kier molecular flexibility index (Phi) is 4.16. The van der Waals surface area contributed by atoms with Gasteiger partial charge in [0.1, 0.15) is 5.75 Å². The molecule has 1 aliphatic rings. The Bertz CT molecular complexity index is 1060. The van der Waals surface area contributed by atoms with E-state index in [-0.39, 0.29) is 17.6 Å². The van der Waals surface area contributed by atoms with Crippen molar-refractivity contribution in [2.45, 2.75) is 0 Å². The van der Waals surface area contributed by atoms with Crippen molar-refractivity contribution in [2.75, 3.05) is 27.2 Å². The molecule has 3 aromatic carbocycles. The van der Waals surface area contributed by atoms with E-state index in [9.17, 15) is 14.7 Å². The normalized spacial score (nSPS) is 13.7. The van der Waals surface area contributed by atoms with E-state index in [1.54, 1.807) is 18.2 Å².